The lowest BCUT2D eigenvalue weighted by atomic mass is 10.0. The topological polar surface area (TPSA) is 108 Å². The highest BCUT2D eigenvalue weighted by atomic mass is 31.2. The first-order valence-corrected chi connectivity index (χ1v) is 34.4. The third-order valence-electron chi connectivity index (χ3n) is 14.6. The Balaban J connectivity index is 3.94. The first kappa shape index (κ1) is 75.0. The second-order valence-electron chi connectivity index (χ2n) is 23.5. The molecule has 0 aliphatic carbocycles. The molecule has 9 nitrogen and oxygen atoms in total. The van der Waals surface area contributed by atoms with Gasteiger partial charge in [0.2, 0.25) is 0 Å². The molecule has 0 aromatic carbocycles. The van der Waals surface area contributed by atoms with Crippen molar-refractivity contribution in [2.45, 2.75) is 322 Å². The van der Waals surface area contributed by atoms with Crippen LogP contribution in [0.1, 0.15) is 316 Å². The van der Waals surface area contributed by atoms with E-state index in [1.807, 2.05) is 21.1 Å². The molecule has 0 saturated heterocycles. The molecule has 0 spiro atoms. The molecule has 0 radical (unpaired) electrons. The number of phosphoric ester groups is 1. The number of nitrogens with zero attached hydrogens (tertiary/aromatic N) is 1. The molecule has 1 N–H and O–H groups in total. The largest absolute Gasteiger partial charge is 0.472 e. The summed E-state index contributed by atoms with van der Waals surface area (Å²) in [6.07, 6.45) is 75.1. The smallest absolute Gasteiger partial charge is 0.462 e. The van der Waals surface area contributed by atoms with E-state index in [1.54, 1.807) is 0 Å². The molecule has 0 fully saturated rings. The van der Waals surface area contributed by atoms with Gasteiger partial charge in [-0.15, -0.1) is 0 Å². The van der Waals surface area contributed by atoms with Gasteiger partial charge in [-0.1, -0.05) is 274 Å². The maximum Gasteiger partial charge on any atom is 0.472 e. The molecule has 10 heteroatoms. The molecular weight excluding hydrogens is 978 g/mol. The number of rotatable bonds is 61. The Hall–Kier alpha value is -2.03. The fourth-order valence-corrected chi connectivity index (χ4v) is 10.2. The Labute approximate surface area is 477 Å². The zero-order chi connectivity index (χ0) is 56.3. The number of hydrogen-bond donors (Lipinski definition) is 1. The monoisotopic (exact) mass is 1100 g/mol. The lowest BCUT2D eigenvalue weighted by Crippen LogP contribution is -2.37. The predicted molar refractivity (Wildman–Crippen MR) is 330 cm³/mol. The highest BCUT2D eigenvalue weighted by molar-refractivity contribution is 7.47. The van der Waals surface area contributed by atoms with Crippen molar-refractivity contribution in [2.24, 2.45) is 0 Å². The number of carbonyl (C=O) groups is 2. The van der Waals surface area contributed by atoms with Crippen LogP contribution in [-0.4, -0.2) is 74.9 Å². The number of unbranched alkanes of at least 4 members (excludes halogenated alkanes) is 39. The number of esters is 2. The molecular formula is C67H127NO8P+. The van der Waals surface area contributed by atoms with Crippen molar-refractivity contribution in [3.63, 3.8) is 0 Å². The van der Waals surface area contributed by atoms with Crippen LogP contribution >= 0.6 is 7.82 Å². The van der Waals surface area contributed by atoms with Crippen LogP contribution in [0, 0.1) is 0 Å². The van der Waals surface area contributed by atoms with E-state index in [4.69, 9.17) is 18.5 Å². The number of ether oxygens (including phenoxy) is 2. The fraction of sp³-hybridized carbons (Fsp3) is 0.851. The minimum Gasteiger partial charge on any atom is -0.462 e. The second-order valence-corrected chi connectivity index (χ2v) is 25.0. The molecule has 2 unspecified atom stereocenters. The van der Waals surface area contributed by atoms with Crippen LogP contribution in [0.15, 0.2) is 48.6 Å². The van der Waals surface area contributed by atoms with Crippen molar-refractivity contribution in [2.75, 3.05) is 47.5 Å². The predicted octanol–water partition coefficient (Wildman–Crippen LogP) is 20.9. The number of carbonyl (C=O) groups excluding carboxylic acids is 2. The van der Waals surface area contributed by atoms with Crippen molar-refractivity contribution in [1.82, 2.24) is 0 Å². The van der Waals surface area contributed by atoms with Crippen LogP contribution in [0.2, 0.25) is 0 Å². The Morgan fingerprint density at radius 3 is 1.04 bits per heavy atom. The van der Waals surface area contributed by atoms with E-state index >= 15 is 0 Å². The summed E-state index contributed by atoms with van der Waals surface area (Å²) in [6.45, 7) is 4.43. The maximum absolute atomic E-state index is 12.8. The van der Waals surface area contributed by atoms with Crippen LogP contribution in [0.25, 0.3) is 0 Å². The summed E-state index contributed by atoms with van der Waals surface area (Å²) >= 11 is 0. The quantitative estimate of drug-likeness (QED) is 0.0211. The average Bonchev–Trinajstić information content (AvgIpc) is 3.39. The normalized spacial score (nSPS) is 13.5. The van der Waals surface area contributed by atoms with Crippen LogP contribution in [0.3, 0.4) is 0 Å². The van der Waals surface area contributed by atoms with Crippen molar-refractivity contribution in [1.29, 1.82) is 0 Å². The number of phosphoric acid groups is 1. The Morgan fingerprint density at radius 2 is 0.701 bits per heavy atom. The van der Waals surface area contributed by atoms with Gasteiger partial charge in [-0.3, -0.25) is 18.6 Å². The Kier molecular flexibility index (Phi) is 57.1. The molecule has 0 bridgehead atoms. The molecule has 0 saturated carbocycles. The lowest BCUT2D eigenvalue weighted by molar-refractivity contribution is -0.870. The molecule has 0 aliphatic heterocycles. The molecule has 77 heavy (non-hydrogen) atoms. The molecule has 0 aliphatic rings. The van der Waals surface area contributed by atoms with Gasteiger partial charge in [0, 0.05) is 12.8 Å². The van der Waals surface area contributed by atoms with Gasteiger partial charge in [-0.25, -0.2) is 4.57 Å². The van der Waals surface area contributed by atoms with E-state index < -0.39 is 26.5 Å². The number of quaternary nitrogens is 1. The summed E-state index contributed by atoms with van der Waals surface area (Å²) in [5, 5.41) is 0. The zero-order valence-electron chi connectivity index (χ0n) is 51.5. The van der Waals surface area contributed by atoms with Gasteiger partial charge in [0.1, 0.15) is 19.8 Å². The summed E-state index contributed by atoms with van der Waals surface area (Å²) < 4.78 is 34.6. The first-order chi connectivity index (χ1) is 37.5. The average molecular weight is 1110 g/mol. The van der Waals surface area contributed by atoms with Gasteiger partial charge in [-0.2, -0.15) is 0 Å². The molecule has 0 aromatic heterocycles. The third-order valence-corrected chi connectivity index (χ3v) is 15.6. The molecule has 0 heterocycles. The summed E-state index contributed by atoms with van der Waals surface area (Å²) in [5.74, 6) is -0.800. The lowest BCUT2D eigenvalue weighted by Gasteiger charge is -2.24. The fourth-order valence-electron chi connectivity index (χ4n) is 9.49. The standard InChI is InChI=1S/C67H126NO8P/c1-6-8-10-12-14-16-18-20-22-24-25-26-27-28-29-30-31-32-33-34-35-36-37-38-39-40-41-42-43-44-46-48-50-52-54-56-58-60-67(70)76-65(64-75-77(71,72)74-62-61-68(3,4)5)63-73-66(69)59-57-55-53-51-49-47-45-23-21-19-17-15-13-11-9-7-2/h17-20,23-25,45,65H,6-16,21-22,26-44,46-64H2,1-5H3/p+1/b19-17-,20-18-,25-24-,45-23-. The molecule has 452 valence electrons. The van der Waals surface area contributed by atoms with Gasteiger partial charge < -0.3 is 18.9 Å². The van der Waals surface area contributed by atoms with E-state index in [9.17, 15) is 19.0 Å². The third kappa shape index (κ3) is 63.0. The summed E-state index contributed by atoms with van der Waals surface area (Å²) in [6, 6.07) is 0. The highest BCUT2D eigenvalue weighted by Crippen LogP contribution is 2.43. The minimum absolute atomic E-state index is 0.0304. The van der Waals surface area contributed by atoms with Crippen LogP contribution in [0.4, 0.5) is 0 Å². The molecule has 2 atom stereocenters. The van der Waals surface area contributed by atoms with Gasteiger partial charge in [0.05, 0.1) is 27.7 Å². The van der Waals surface area contributed by atoms with E-state index in [0.29, 0.717) is 17.4 Å². The highest BCUT2D eigenvalue weighted by Gasteiger charge is 2.27. The van der Waals surface area contributed by atoms with Crippen molar-refractivity contribution < 1.29 is 42.1 Å². The van der Waals surface area contributed by atoms with Gasteiger partial charge >= 0.3 is 19.8 Å². The van der Waals surface area contributed by atoms with Gasteiger partial charge in [0.15, 0.2) is 6.10 Å². The molecule has 0 amide bonds. The minimum atomic E-state index is -4.39. The molecule has 0 aromatic rings. The zero-order valence-corrected chi connectivity index (χ0v) is 52.4. The molecule has 0 rings (SSSR count). The van der Waals surface area contributed by atoms with Crippen LogP contribution in [0.5, 0.6) is 0 Å². The Bertz CT molecular complexity index is 1440. The Morgan fingerprint density at radius 1 is 0.403 bits per heavy atom. The van der Waals surface area contributed by atoms with Crippen molar-refractivity contribution >= 4 is 19.8 Å². The van der Waals surface area contributed by atoms with Crippen LogP contribution < -0.4 is 0 Å². The van der Waals surface area contributed by atoms with Gasteiger partial charge in [-0.05, 0) is 77.0 Å². The summed E-state index contributed by atoms with van der Waals surface area (Å²) in [4.78, 5) is 35.7. The van der Waals surface area contributed by atoms with Crippen molar-refractivity contribution in [3.8, 4) is 0 Å². The summed E-state index contributed by atoms with van der Waals surface area (Å²) in [7, 11) is 1.48. The SMILES string of the molecule is CCCCCC/C=C\C/C=C\CCCCCCCC(=O)OCC(COP(=O)(O)OCC[N+](C)(C)C)OC(=O)CCCCCCCCCCCCCCCCCCCCCCCCCCC/C=C\C/C=C\CCCCCCC. The van der Waals surface area contributed by atoms with E-state index in [1.165, 1.54) is 218 Å². The van der Waals surface area contributed by atoms with E-state index in [-0.39, 0.29) is 32.0 Å². The van der Waals surface area contributed by atoms with Crippen molar-refractivity contribution in [3.05, 3.63) is 48.6 Å². The first-order valence-electron chi connectivity index (χ1n) is 32.9. The van der Waals surface area contributed by atoms with E-state index in [0.717, 1.165) is 64.2 Å². The second kappa shape index (κ2) is 58.6. The number of hydrogen-bond acceptors (Lipinski definition) is 7. The number of likely N-dealkylation sites (N-methyl/N-ethyl adjacent to an activating group) is 1. The maximum atomic E-state index is 12.8. The van der Waals surface area contributed by atoms with E-state index in [2.05, 4.69) is 62.5 Å². The van der Waals surface area contributed by atoms with Crippen LogP contribution in [-0.2, 0) is 32.7 Å². The summed E-state index contributed by atoms with van der Waals surface area (Å²) in [5.41, 5.74) is 0. The number of allylic oxidation sites excluding steroid dienone is 8. The van der Waals surface area contributed by atoms with Gasteiger partial charge in [0.25, 0.3) is 0 Å².